The van der Waals surface area contributed by atoms with Crippen LogP contribution in [0.4, 0.5) is 13.2 Å². The van der Waals surface area contributed by atoms with Crippen molar-refractivity contribution in [2.24, 2.45) is 0 Å². The highest BCUT2D eigenvalue weighted by Gasteiger charge is 2.55. The van der Waals surface area contributed by atoms with E-state index in [4.69, 9.17) is 0 Å². The molecule has 0 saturated heterocycles. The summed E-state index contributed by atoms with van der Waals surface area (Å²) in [5, 5.41) is 0.588. The standard InChI is InChI=1S/C20H19BrF3IN2O2S/c1-11-7-12(2)18(13(3)8-11)30(28,29)27-19(25,20(22,23)24)9-14-10-26-16-6-4-5-15(21)17(14)16/h4-8,10,26-27H,9H2,1-3H3. The van der Waals surface area contributed by atoms with Crippen LogP contribution in [0.25, 0.3) is 10.9 Å². The molecule has 162 valence electrons. The topological polar surface area (TPSA) is 62.0 Å². The minimum absolute atomic E-state index is 0.126. The number of aromatic amines is 1. The van der Waals surface area contributed by atoms with Crippen molar-refractivity contribution in [3.8, 4) is 0 Å². The average Bonchev–Trinajstić information content (AvgIpc) is 2.95. The lowest BCUT2D eigenvalue weighted by atomic mass is 10.1. The van der Waals surface area contributed by atoms with Gasteiger partial charge in [-0.2, -0.15) is 17.9 Å². The lowest BCUT2D eigenvalue weighted by Crippen LogP contribution is -2.55. The Kier molecular flexibility index (Phi) is 6.36. The summed E-state index contributed by atoms with van der Waals surface area (Å²) in [6.07, 6.45) is -3.94. The van der Waals surface area contributed by atoms with Crippen molar-refractivity contribution in [1.82, 2.24) is 9.71 Å². The third-order valence-corrected chi connectivity index (χ3v) is 8.88. The van der Waals surface area contributed by atoms with Crippen molar-refractivity contribution in [3.63, 3.8) is 0 Å². The van der Waals surface area contributed by atoms with Crippen LogP contribution in [-0.2, 0) is 16.4 Å². The van der Waals surface area contributed by atoms with Crippen LogP contribution in [0.3, 0.4) is 0 Å². The molecule has 1 atom stereocenters. The zero-order valence-corrected chi connectivity index (χ0v) is 20.8. The van der Waals surface area contributed by atoms with Crippen molar-refractivity contribution in [2.75, 3.05) is 0 Å². The molecule has 1 heterocycles. The first-order valence-corrected chi connectivity index (χ1v) is 12.2. The van der Waals surface area contributed by atoms with Gasteiger partial charge in [-0.3, -0.25) is 0 Å². The second-order valence-corrected chi connectivity index (χ2v) is 11.6. The molecule has 0 amide bonds. The molecule has 30 heavy (non-hydrogen) atoms. The Morgan fingerprint density at radius 3 is 2.30 bits per heavy atom. The fraction of sp³-hybridized carbons (Fsp3) is 0.300. The van der Waals surface area contributed by atoms with Gasteiger partial charge in [-0.05, 0) is 49.6 Å². The van der Waals surface area contributed by atoms with Crippen LogP contribution in [0.15, 0.2) is 45.9 Å². The molecule has 0 spiro atoms. The maximum Gasteiger partial charge on any atom is 0.417 e. The second-order valence-electron chi connectivity index (χ2n) is 7.29. The smallest absolute Gasteiger partial charge is 0.361 e. The van der Waals surface area contributed by atoms with Gasteiger partial charge in [0.2, 0.25) is 10.0 Å². The fourth-order valence-corrected chi connectivity index (χ4v) is 7.24. The molecule has 2 aromatic carbocycles. The third-order valence-electron chi connectivity index (χ3n) is 4.79. The van der Waals surface area contributed by atoms with E-state index in [1.165, 1.54) is 6.20 Å². The molecule has 3 aromatic rings. The number of nitrogens with one attached hydrogen (secondary N) is 2. The normalized spacial score (nSPS) is 14.8. The van der Waals surface area contributed by atoms with Gasteiger partial charge in [-0.25, -0.2) is 8.42 Å². The third kappa shape index (κ3) is 4.42. The molecule has 1 aromatic heterocycles. The van der Waals surface area contributed by atoms with Crippen molar-refractivity contribution >= 4 is 59.4 Å². The first-order valence-electron chi connectivity index (χ1n) is 8.87. The van der Waals surface area contributed by atoms with Gasteiger partial charge in [0.15, 0.2) is 3.55 Å². The summed E-state index contributed by atoms with van der Waals surface area (Å²) in [4.78, 5) is 2.82. The van der Waals surface area contributed by atoms with Crippen LogP contribution in [0.5, 0.6) is 0 Å². The molecule has 0 aliphatic carbocycles. The summed E-state index contributed by atoms with van der Waals surface area (Å²) in [7, 11) is -4.45. The SMILES string of the molecule is Cc1cc(C)c(S(=O)(=O)NC(I)(Cc2c[nH]c3cccc(Br)c23)C(F)(F)F)c(C)c1. The van der Waals surface area contributed by atoms with Gasteiger partial charge < -0.3 is 4.98 Å². The van der Waals surface area contributed by atoms with E-state index >= 15 is 0 Å². The maximum atomic E-state index is 14.2. The average molecular weight is 615 g/mol. The number of alkyl halides is 4. The predicted molar refractivity (Wildman–Crippen MR) is 123 cm³/mol. The summed E-state index contributed by atoms with van der Waals surface area (Å²) in [6.45, 7) is 4.96. The Morgan fingerprint density at radius 2 is 1.73 bits per heavy atom. The molecule has 0 bridgehead atoms. The number of fused-ring (bicyclic) bond motifs is 1. The zero-order valence-electron chi connectivity index (χ0n) is 16.3. The van der Waals surface area contributed by atoms with Gasteiger partial charge in [-0.15, -0.1) is 0 Å². The van der Waals surface area contributed by atoms with E-state index in [9.17, 15) is 21.6 Å². The number of benzene rings is 2. The summed E-state index contributed by atoms with van der Waals surface area (Å²) < 4.78 is 68.4. The maximum absolute atomic E-state index is 14.2. The lowest BCUT2D eigenvalue weighted by molar-refractivity contribution is -0.156. The van der Waals surface area contributed by atoms with E-state index in [1.54, 1.807) is 51.1 Å². The van der Waals surface area contributed by atoms with Gasteiger partial charge in [0, 0.05) is 28.0 Å². The molecule has 0 radical (unpaired) electrons. The number of hydrogen-bond acceptors (Lipinski definition) is 2. The predicted octanol–water partition coefficient (Wildman–Crippen LogP) is 6.07. The zero-order chi connectivity index (χ0) is 22.5. The highest BCUT2D eigenvalue weighted by molar-refractivity contribution is 14.1. The van der Waals surface area contributed by atoms with Gasteiger partial charge in [-0.1, -0.05) is 62.3 Å². The highest BCUT2D eigenvalue weighted by atomic mass is 127. The van der Waals surface area contributed by atoms with Crippen molar-refractivity contribution < 1.29 is 21.6 Å². The molecule has 0 aliphatic rings. The minimum atomic E-state index is -4.84. The molecule has 3 rings (SSSR count). The van der Waals surface area contributed by atoms with Gasteiger partial charge >= 0.3 is 6.18 Å². The van der Waals surface area contributed by atoms with Gasteiger partial charge in [0.1, 0.15) is 0 Å². The number of rotatable bonds is 5. The van der Waals surface area contributed by atoms with Crippen molar-refractivity contribution in [3.05, 3.63) is 63.3 Å². The Hall–Kier alpha value is -1.11. The van der Waals surface area contributed by atoms with Crippen LogP contribution in [0.1, 0.15) is 22.3 Å². The molecule has 0 saturated carbocycles. The first-order chi connectivity index (χ1) is 13.7. The summed E-state index contributed by atoms with van der Waals surface area (Å²) in [6, 6.07) is 8.52. The van der Waals surface area contributed by atoms with E-state index in [-0.39, 0.29) is 4.90 Å². The van der Waals surface area contributed by atoms with Crippen LogP contribution in [0, 0.1) is 20.8 Å². The van der Waals surface area contributed by atoms with Crippen LogP contribution >= 0.6 is 38.5 Å². The fourth-order valence-electron chi connectivity index (χ4n) is 3.66. The van der Waals surface area contributed by atoms with Crippen LogP contribution in [-0.4, -0.2) is 23.1 Å². The van der Waals surface area contributed by atoms with Crippen molar-refractivity contribution in [1.29, 1.82) is 0 Å². The van der Waals surface area contributed by atoms with E-state index < -0.39 is 26.2 Å². The minimum Gasteiger partial charge on any atom is -0.361 e. The molecule has 2 N–H and O–H groups in total. The molecular weight excluding hydrogens is 596 g/mol. The van der Waals surface area contributed by atoms with E-state index in [0.717, 1.165) is 28.2 Å². The summed E-state index contributed by atoms with van der Waals surface area (Å²) >= 11 is 4.53. The number of halogens is 5. The van der Waals surface area contributed by atoms with Crippen LogP contribution < -0.4 is 4.72 Å². The van der Waals surface area contributed by atoms with Gasteiger partial charge in [0.05, 0.1) is 4.90 Å². The largest absolute Gasteiger partial charge is 0.417 e. The lowest BCUT2D eigenvalue weighted by Gasteiger charge is -2.31. The quantitative estimate of drug-likeness (QED) is 0.208. The number of H-pyrrole nitrogens is 1. The van der Waals surface area contributed by atoms with Crippen molar-refractivity contribution in [2.45, 2.75) is 41.8 Å². The Morgan fingerprint density at radius 1 is 1.13 bits per heavy atom. The summed E-state index contributed by atoms with van der Waals surface area (Å²) in [5.74, 6) is 0. The van der Waals surface area contributed by atoms with Crippen LogP contribution in [0.2, 0.25) is 0 Å². The Labute approximate surface area is 195 Å². The molecule has 0 fully saturated rings. The monoisotopic (exact) mass is 614 g/mol. The number of sulfonamides is 1. The molecule has 0 aliphatic heterocycles. The molecule has 10 heteroatoms. The van der Waals surface area contributed by atoms with E-state index in [1.807, 2.05) is 4.72 Å². The molecule has 1 unspecified atom stereocenters. The Balaban J connectivity index is 2.09. The van der Waals surface area contributed by atoms with E-state index in [0.29, 0.717) is 32.1 Å². The second kappa shape index (κ2) is 8.10. The number of aryl methyl sites for hydroxylation is 3. The highest BCUT2D eigenvalue weighted by Crippen LogP contribution is 2.42. The molecule has 4 nitrogen and oxygen atoms in total. The summed E-state index contributed by atoms with van der Waals surface area (Å²) in [5.41, 5.74) is 2.65. The molecular formula is C20H19BrF3IN2O2S. The first kappa shape index (κ1) is 23.6. The van der Waals surface area contributed by atoms with Gasteiger partial charge in [0.25, 0.3) is 0 Å². The number of aromatic nitrogens is 1. The Bertz CT molecular complexity index is 1200. The number of hydrogen-bond donors (Lipinski definition) is 2. The van der Waals surface area contributed by atoms with E-state index in [2.05, 4.69) is 20.9 Å².